The van der Waals surface area contributed by atoms with Gasteiger partial charge in [0.25, 0.3) is 11.8 Å². The van der Waals surface area contributed by atoms with Crippen LogP contribution in [0.3, 0.4) is 0 Å². The summed E-state index contributed by atoms with van der Waals surface area (Å²) in [6, 6.07) is 11.5. The van der Waals surface area contributed by atoms with Crippen LogP contribution < -0.4 is 21.1 Å². The van der Waals surface area contributed by atoms with Crippen molar-refractivity contribution < 1.29 is 33.0 Å². The monoisotopic (exact) mass is 660 g/mol. The number of amides is 2. The van der Waals surface area contributed by atoms with E-state index >= 15 is 0 Å². The zero-order valence-electron chi connectivity index (χ0n) is 25.9. The molecule has 1 aliphatic carbocycles. The normalized spacial score (nSPS) is 15.5. The largest absolute Gasteiger partial charge is 0.493 e. The summed E-state index contributed by atoms with van der Waals surface area (Å²) in [7, 11) is 0. The number of carboxylic acid groups (broad SMARTS) is 1. The third-order valence-electron chi connectivity index (χ3n) is 8.72. The number of nitrogens with zero attached hydrogens (tertiary/aromatic N) is 1. The first-order valence-electron chi connectivity index (χ1n) is 15.4. The predicted octanol–water partition coefficient (Wildman–Crippen LogP) is 6.75. The SMILES string of the molecule is Cc1cc(CN)cc(C)c1NC(=O)c1cc2c(cc1-c1ccc(C(=O)NC3CCC(F)(F)CC3)nc1C(=O)O)OCCc1ccsc1-2. The molecule has 2 aliphatic rings. The first-order chi connectivity index (χ1) is 22.4. The Kier molecular flexibility index (Phi) is 8.82. The summed E-state index contributed by atoms with van der Waals surface area (Å²) in [5.74, 6) is -4.79. The van der Waals surface area contributed by atoms with Crippen molar-refractivity contribution in [2.75, 3.05) is 11.9 Å². The highest BCUT2D eigenvalue weighted by Crippen LogP contribution is 2.43. The molecule has 9 nitrogen and oxygen atoms in total. The average Bonchev–Trinajstić information content (AvgIpc) is 3.44. The number of aryl methyl sites for hydroxylation is 2. The van der Waals surface area contributed by atoms with Crippen LogP contribution in [0.2, 0.25) is 0 Å². The minimum absolute atomic E-state index is 0.107. The zero-order valence-corrected chi connectivity index (χ0v) is 26.7. The number of fused-ring (bicyclic) bond motifs is 3. The van der Waals surface area contributed by atoms with Crippen molar-refractivity contribution >= 4 is 34.8 Å². The molecule has 2 amide bonds. The molecule has 5 N–H and O–H groups in total. The standard InChI is InChI=1S/C35H34F2N4O5S/c1-18-13-20(17-38)14-19(2)29(18)41-32(42)25-15-26-28(46-11-7-21-8-12-47-31(21)26)16-24(25)23-3-4-27(40-30(23)34(44)45)33(43)39-22-5-9-35(36,37)10-6-22/h3-4,8,12-16,22H,5-7,9-11,17,38H2,1-2H3,(H,39,43)(H,41,42)(H,44,45). The molecule has 2 aromatic carbocycles. The molecule has 0 spiro atoms. The van der Waals surface area contributed by atoms with Crippen molar-refractivity contribution in [3.05, 3.63) is 87.0 Å². The molecule has 0 unspecified atom stereocenters. The topological polar surface area (TPSA) is 144 Å². The second-order valence-corrected chi connectivity index (χ2v) is 12.9. The summed E-state index contributed by atoms with van der Waals surface area (Å²) >= 11 is 1.53. The lowest BCUT2D eigenvalue weighted by atomic mass is 9.92. The van der Waals surface area contributed by atoms with E-state index in [1.165, 1.54) is 23.5 Å². The Balaban J connectivity index is 1.42. The first kappa shape index (κ1) is 32.3. The Morgan fingerprint density at radius 2 is 1.74 bits per heavy atom. The highest BCUT2D eigenvalue weighted by Gasteiger charge is 2.36. The number of hydrogen-bond acceptors (Lipinski definition) is 7. The number of thiophene rings is 1. The number of nitrogens with two attached hydrogens (primary N) is 1. The minimum atomic E-state index is -2.75. The summed E-state index contributed by atoms with van der Waals surface area (Å²) < 4.78 is 33.3. The van der Waals surface area contributed by atoms with Crippen LogP contribution in [0.25, 0.3) is 21.6 Å². The molecule has 2 aromatic heterocycles. The summed E-state index contributed by atoms with van der Waals surface area (Å²) in [5, 5.41) is 18.0. The van der Waals surface area contributed by atoms with Crippen molar-refractivity contribution in [3.8, 4) is 27.3 Å². The van der Waals surface area contributed by atoms with Crippen LogP contribution in [-0.4, -0.2) is 46.4 Å². The van der Waals surface area contributed by atoms with Gasteiger partial charge in [0.05, 0.1) is 6.61 Å². The van der Waals surface area contributed by atoms with E-state index in [0.717, 1.165) is 27.1 Å². The number of ether oxygens (including phenoxy) is 1. The number of hydrogen-bond donors (Lipinski definition) is 4. The van der Waals surface area contributed by atoms with Crippen LogP contribution in [0, 0.1) is 13.8 Å². The van der Waals surface area contributed by atoms with E-state index in [-0.39, 0.29) is 48.1 Å². The molecule has 244 valence electrons. The molecule has 0 radical (unpaired) electrons. The summed E-state index contributed by atoms with van der Waals surface area (Å²) in [6.07, 6.45) is 0.213. The van der Waals surface area contributed by atoms with Gasteiger partial charge >= 0.3 is 5.97 Å². The lowest BCUT2D eigenvalue weighted by Gasteiger charge is -2.28. The van der Waals surface area contributed by atoms with Crippen LogP contribution in [0.5, 0.6) is 5.75 Å². The Labute approximate surface area is 274 Å². The molecule has 1 fully saturated rings. The number of carbonyl (C=O) groups excluding carboxylic acids is 2. The van der Waals surface area contributed by atoms with E-state index in [1.807, 2.05) is 37.4 Å². The van der Waals surface area contributed by atoms with Crippen molar-refractivity contribution in [2.24, 2.45) is 5.73 Å². The number of aromatic nitrogens is 1. The minimum Gasteiger partial charge on any atom is -0.493 e. The second kappa shape index (κ2) is 12.8. The second-order valence-electron chi connectivity index (χ2n) is 12.0. The number of carboxylic acids is 1. The smallest absolute Gasteiger partial charge is 0.355 e. The number of pyridine rings is 1. The van der Waals surface area contributed by atoms with Crippen molar-refractivity contribution in [3.63, 3.8) is 0 Å². The van der Waals surface area contributed by atoms with Crippen LogP contribution in [-0.2, 0) is 13.0 Å². The molecule has 1 aliphatic heterocycles. The van der Waals surface area contributed by atoms with Gasteiger partial charge in [0, 0.05) is 64.7 Å². The van der Waals surface area contributed by atoms with Gasteiger partial charge in [0.1, 0.15) is 11.4 Å². The van der Waals surface area contributed by atoms with Crippen LogP contribution in [0.4, 0.5) is 14.5 Å². The average molecular weight is 661 g/mol. The highest BCUT2D eigenvalue weighted by atomic mass is 32.1. The number of halogens is 2. The molecule has 0 bridgehead atoms. The van der Waals surface area contributed by atoms with E-state index in [4.69, 9.17) is 10.5 Å². The van der Waals surface area contributed by atoms with Crippen molar-refractivity contribution in [1.29, 1.82) is 0 Å². The van der Waals surface area contributed by atoms with Gasteiger partial charge in [-0.1, -0.05) is 12.1 Å². The number of aromatic carboxylic acids is 1. The van der Waals surface area contributed by atoms with Gasteiger partial charge in [-0.3, -0.25) is 9.59 Å². The predicted molar refractivity (Wildman–Crippen MR) is 176 cm³/mol. The molecule has 4 aromatic rings. The summed E-state index contributed by atoms with van der Waals surface area (Å²) in [5.41, 5.74) is 10.8. The van der Waals surface area contributed by atoms with Crippen molar-refractivity contribution in [1.82, 2.24) is 10.3 Å². The van der Waals surface area contributed by atoms with Crippen LogP contribution in [0.15, 0.2) is 47.8 Å². The van der Waals surface area contributed by atoms with Gasteiger partial charge in [-0.2, -0.15) is 0 Å². The maximum Gasteiger partial charge on any atom is 0.355 e. The first-order valence-corrected chi connectivity index (χ1v) is 16.2. The van der Waals surface area contributed by atoms with Gasteiger partial charge in [0.2, 0.25) is 5.92 Å². The number of nitrogens with one attached hydrogen (secondary N) is 2. The molecule has 47 heavy (non-hydrogen) atoms. The van der Waals surface area contributed by atoms with Gasteiger partial charge in [-0.05, 0) is 84.7 Å². The summed E-state index contributed by atoms with van der Waals surface area (Å²) in [6.45, 7) is 4.49. The maximum absolute atomic E-state index is 14.2. The zero-order chi connectivity index (χ0) is 33.5. The molecule has 12 heteroatoms. The molecule has 0 atom stereocenters. The lowest BCUT2D eigenvalue weighted by Crippen LogP contribution is -2.40. The van der Waals surface area contributed by atoms with E-state index in [2.05, 4.69) is 15.6 Å². The number of alkyl halides is 2. The van der Waals surface area contributed by atoms with E-state index in [1.54, 1.807) is 12.1 Å². The molecule has 1 saturated carbocycles. The van der Waals surface area contributed by atoms with Gasteiger partial charge in [0.15, 0.2) is 5.69 Å². The Morgan fingerprint density at radius 3 is 2.43 bits per heavy atom. The molecular weight excluding hydrogens is 626 g/mol. The summed E-state index contributed by atoms with van der Waals surface area (Å²) in [4.78, 5) is 45.0. The number of anilines is 1. The molecule has 3 heterocycles. The Bertz CT molecular complexity index is 1870. The quantitative estimate of drug-likeness (QED) is 0.172. The highest BCUT2D eigenvalue weighted by molar-refractivity contribution is 7.13. The van der Waals surface area contributed by atoms with Crippen LogP contribution >= 0.6 is 11.3 Å². The number of carbonyl (C=O) groups is 3. The number of benzene rings is 2. The fourth-order valence-corrected chi connectivity index (χ4v) is 7.26. The third-order valence-corrected chi connectivity index (χ3v) is 9.71. The van der Waals surface area contributed by atoms with Gasteiger partial charge < -0.3 is 26.2 Å². The van der Waals surface area contributed by atoms with Gasteiger partial charge in [-0.25, -0.2) is 18.6 Å². The molecular formula is C35H34F2N4O5S. The van der Waals surface area contributed by atoms with Crippen molar-refractivity contribution in [2.45, 2.75) is 64.5 Å². The molecule has 6 rings (SSSR count). The Hall–Kier alpha value is -4.68. The van der Waals surface area contributed by atoms with Crippen LogP contribution in [0.1, 0.15) is 79.3 Å². The lowest BCUT2D eigenvalue weighted by molar-refractivity contribution is -0.0399. The van der Waals surface area contributed by atoms with Gasteiger partial charge in [-0.15, -0.1) is 11.3 Å². The number of rotatable bonds is 7. The fourth-order valence-electron chi connectivity index (χ4n) is 6.29. The molecule has 0 saturated heterocycles. The Morgan fingerprint density at radius 1 is 1.02 bits per heavy atom. The fraction of sp³-hybridized carbons (Fsp3) is 0.314. The third kappa shape index (κ3) is 6.61. The maximum atomic E-state index is 14.2. The van der Waals surface area contributed by atoms with E-state index < -0.39 is 35.4 Å². The van der Waals surface area contributed by atoms with E-state index in [9.17, 15) is 28.3 Å². The van der Waals surface area contributed by atoms with E-state index in [0.29, 0.717) is 36.6 Å².